The molecule has 1 aromatic heterocycles. The van der Waals surface area contributed by atoms with Crippen molar-refractivity contribution in [2.24, 2.45) is 10.7 Å². The average molecular weight is 375 g/mol. The average Bonchev–Trinajstić information content (AvgIpc) is 3.14. The van der Waals surface area contributed by atoms with Gasteiger partial charge in [0.1, 0.15) is 5.75 Å². The summed E-state index contributed by atoms with van der Waals surface area (Å²) in [5, 5.41) is 7.45. The summed E-state index contributed by atoms with van der Waals surface area (Å²) >= 11 is 1.71. The molecule has 2 rings (SSSR count). The third-order valence-corrected chi connectivity index (χ3v) is 4.82. The van der Waals surface area contributed by atoms with Crippen molar-refractivity contribution < 1.29 is 4.74 Å². The van der Waals surface area contributed by atoms with Gasteiger partial charge in [-0.1, -0.05) is 13.8 Å². The third kappa shape index (κ3) is 6.04. The first kappa shape index (κ1) is 20.3. The van der Waals surface area contributed by atoms with Crippen molar-refractivity contribution in [2.45, 2.75) is 39.8 Å². The molecular formula is C20H30N4OS. The first-order valence-corrected chi connectivity index (χ1v) is 10.1. The van der Waals surface area contributed by atoms with Gasteiger partial charge in [-0.2, -0.15) is 11.3 Å². The molecule has 2 aromatic rings. The van der Waals surface area contributed by atoms with Crippen molar-refractivity contribution in [2.75, 3.05) is 25.0 Å². The second-order valence-corrected chi connectivity index (χ2v) is 7.12. The number of anilines is 1. The number of guanidine groups is 1. The Kier molecular flexibility index (Phi) is 7.94. The number of thiophene rings is 1. The zero-order chi connectivity index (χ0) is 18.9. The molecule has 1 unspecified atom stereocenters. The van der Waals surface area contributed by atoms with Gasteiger partial charge >= 0.3 is 0 Å². The zero-order valence-electron chi connectivity index (χ0n) is 16.1. The van der Waals surface area contributed by atoms with Crippen molar-refractivity contribution in [3.63, 3.8) is 0 Å². The van der Waals surface area contributed by atoms with Gasteiger partial charge in [0.25, 0.3) is 0 Å². The van der Waals surface area contributed by atoms with E-state index in [0.717, 1.165) is 24.5 Å². The van der Waals surface area contributed by atoms with E-state index in [1.54, 1.807) is 11.3 Å². The number of hydrogen-bond donors (Lipinski definition) is 2. The largest absolute Gasteiger partial charge is 0.491 e. The topological polar surface area (TPSA) is 62.9 Å². The summed E-state index contributed by atoms with van der Waals surface area (Å²) in [5.74, 6) is 1.27. The maximum absolute atomic E-state index is 6.10. The minimum atomic E-state index is 0.162. The predicted molar refractivity (Wildman–Crippen MR) is 112 cm³/mol. The van der Waals surface area contributed by atoms with Crippen LogP contribution in [0.15, 0.2) is 46.1 Å². The molecular weight excluding hydrogens is 344 g/mol. The summed E-state index contributed by atoms with van der Waals surface area (Å²) < 4.78 is 5.65. The standard InChI is InChI=1S/C20H30N4OS/c1-5-24(6-2)19(16-11-12-26-14-16)13-22-20(21)23-17-7-9-18(10-8-17)25-15(3)4/h7-12,14-15,19H,5-6,13H2,1-4H3,(H3,21,22,23). The summed E-state index contributed by atoms with van der Waals surface area (Å²) in [4.78, 5) is 6.98. The third-order valence-electron chi connectivity index (χ3n) is 4.11. The summed E-state index contributed by atoms with van der Waals surface area (Å²) in [5.41, 5.74) is 8.30. The van der Waals surface area contributed by atoms with Gasteiger partial charge in [0.15, 0.2) is 5.96 Å². The van der Waals surface area contributed by atoms with Crippen LogP contribution in [-0.4, -0.2) is 36.6 Å². The Hall–Kier alpha value is -2.05. The van der Waals surface area contributed by atoms with Crippen LogP contribution in [0.2, 0.25) is 0 Å². The second-order valence-electron chi connectivity index (χ2n) is 6.34. The molecule has 0 saturated heterocycles. The molecule has 0 aliphatic heterocycles. The van der Waals surface area contributed by atoms with Crippen molar-refractivity contribution in [3.8, 4) is 5.75 Å². The van der Waals surface area contributed by atoms with Crippen molar-refractivity contribution in [3.05, 3.63) is 46.7 Å². The molecule has 0 bridgehead atoms. The van der Waals surface area contributed by atoms with Crippen LogP contribution in [0.1, 0.15) is 39.3 Å². The van der Waals surface area contributed by atoms with E-state index in [0.29, 0.717) is 12.5 Å². The molecule has 142 valence electrons. The van der Waals surface area contributed by atoms with Gasteiger partial charge in [-0.05, 0) is 73.6 Å². The molecule has 0 spiro atoms. The highest BCUT2D eigenvalue weighted by Crippen LogP contribution is 2.23. The second kappa shape index (κ2) is 10.2. The lowest BCUT2D eigenvalue weighted by Gasteiger charge is -2.28. The molecule has 1 atom stereocenters. The smallest absolute Gasteiger partial charge is 0.193 e. The predicted octanol–water partition coefficient (Wildman–Crippen LogP) is 4.35. The Morgan fingerprint density at radius 1 is 1.19 bits per heavy atom. The van der Waals surface area contributed by atoms with E-state index < -0.39 is 0 Å². The summed E-state index contributed by atoms with van der Waals surface area (Å²) in [6.07, 6.45) is 0.162. The van der Waals surface area contributed by atoms with Crippen LogP contribution in [0.3, 0.4) is 0 Å². The van der Waals surface area contributed by atoms with Crippen LogP contribution in [-0.2, 0) is 0 Å². The van der Waals surface area contributed by atoms with E-state index in [1.807, 2.05) is 38.1 Å². The van der Waals surface area contributed by atoms with E-state index in [-0.39, 0.29) is 12.1 Å². The number of benzene rings is 1. The Morgan fingerprint density at radius 3 is 2.42 bits per heavy atom. The Bertz CT molecular complexity index is 664. The minimum absolute atomic E-state index is 0.162. The molecule has 3 N–H and O–H groups in total. The fourth-order valence-corrected chi connectivity index (χ4v) is 3.53. The lowest BCUT2D eigenvalue weighted by atomic mass is 10.1. The molecule has 6 heteroatoms. The molecule has 0 saturated carbocycles. The van der Waals surface area contributed by atoms with E-state index >= 15 is 0 Å². The van der Waals surface area contributed by atoms with Crippen molar-refractivity contribution in [1.29, 1.82) is 0 Å². The number of likely N-dealkylation sites (N-methyl/N-ethyl adjacent to an activating group) is 1. The molecule has 0 aliphatic carbocycles. The number of ether oxygens (including phenoxy) is 1. The Morgan fingerprint density at radius 2 is 1.88 bits per heavy atom. The quantitative estimate of drug-likeness (QED) is 0.506. The molecule has 0 fully saturated rings. The van der Waals surface area contributed by atoms with E-state index in [4.69, 9.17) is 10.5 Å². The van der Waals surface area contributed by atoms with Crippen LogP contribution in [0.25, 0.3) is 0 Å². The Balaban J connectivity index is 2.00. The van der Waals surface area contributed by atoms with Crippen molar-refractivity contribution in [1.82, 2.24) is 4.90 Å². The van der Waals surface area contributed by atoms with E-state index in [9.17, 15) is 0 Å². The SMILES string of the molecule is CCN(CC)C(CN=C(N)Nc1ccc(OC(C)C)cc1)c1ccsc1. The lowest BCUT2D eigenvalue weighted by Crippen LogP contribution is -2.31. The highest BCUT2D eigenvalue weighted by molar-refractivity contribution is 7.07. The number of aliphatic imine (C=N–C) groups is 1. The number of rotatable bonds is 9. The van der Waals surface area contributed by atoms with Crippen LogP contribution in [0.4, 0.5) is 5.69 Å². The molecule has 1 aromatic carbocycles. The van der Waals surface area contributed by atoms with Crippen LogP contribution < -0.4 is 15.8 Å². The number of nitrogens with two attached hydrogens (primary N) is 1. The van der Waals surface area contributed by atoms with Crippen molar-refractivity contribution >= 4 is 23.0 Å². The summed E-state index contributed by atoms with van der Waals surface area (Å²) in [6, 6.07) is 10.2. The first-order valence-electron chi connectivity index (χ1n) is 9.13. The summed E-state index contributed by atoms with van der Waals surface area (Å²) in [6.45, 7) is 11.0. The maximum Gasteiger partial charge on any atom is 0.193 e. The Labute approximate surface area is 160 Å². The highest BCUT2D eigenvalue weighted by atomic mass is 32.1. The van der Waals surface area contributed by atoms with E-state index in [1.165, 1.54) is 5.56 Å². The van der Waals surface area contributed by atoms with Gasteiger partial charge in [0, 0.05) is 5.69 Å². The highest BCUT2D eigenvalue weighted by Gasteiger charge is 2.18. The van der Waals surface area contributed by atoms with Gasteiger partial charge in [-0.15, -0.1) is 0 Å². The van der Waals surface area contributed by atoms with Crippen LogP contribution in [0.5, 0.6) is 5.75 Å². The first-order chi connectivity index (χ1) is 12.5. The van der Waals surface area contributed by atoms with E-state index in [2.05, 4.69) is 45.9 Å². The normalized spacial score (nSPS) is 13.2. The number of nitrogens with one attached hydrogen (secondary N) is 1. The molecule has 0 amide bonds. The fourth-order valence-electron chi connectivity index (χ4n) is 2.82. The number of hydrogen-bond acceptors (Lipinski definition) is 4. The van der Waals surface area contributed by atoms with Gasteiger partial charge in [0.2, 0.25) is 0 Å². The van der Waals surface area contributed by atoms with Gasteiger partial charge in [-0.3, -0.25) is 9.89 Å². The summed E-state index contributed by atoms with van der Waals surface area (Å²) in [7, 11) is 0. The minimum Gasteiger partial charge on any atom is -0.491 e. The molecule has 5 nitrogen and oxygen atoms in total. The van der Waals surface area contributed by atoms with Crippen LogP contribution >= 0.6 is 11.3 Å². The number of nitrogens with zero attached hydrogens (tertiary/aromatic N) is 2. The molecule has 26 heavy (non-hydrogen) atoms. The molecule has 0 radical (unpaired) electrons. The van der Waals surface area contributed by atoms with Gasteiger partial charge in [0.05, 0.1) is 18.7 Å². The molecule has 1 heterocycles. The maximum atomic E-state index is 6.10. The monoisotopic (exact) mass is 374 g/mol. The fraction of sp³-hybridized carbons (Fsp3) is 0.450. The van der Waals surface area contributed by atoms with Crippen LogP contribution in [0, 0.1) is 0 Å². The molecule has 0 aliphatic rings. The zero-order valence-corrected chi connectivity index (χ0v) is 16.9. The van der Waals surface area contributed by atoms with Gasteiger partial charge < -0.3 is 15.8 Å². The van der Waals surface area contributed by atoms with Gasteiger partial charge in [-0.25, -0.2) is 0 Å². The lowest BCUT2D eigenvalue weighted by molar-refractivity contribution is 0.225.